The van der Waals surface area contributed by atoms with Crippen LogP contribution in [0.15, 0.2) is 6.33 Å². The molecule has 1 unspecified atom stereocenters. The molecule has 0 radical (unpaired) electrons. The van der Waals surface area contributed by atoms with Crippen LogP contribution >= 0.6 is 0 Å². The summed E-state index contributed by atoms with van der Waals surface area (Å²) in [5.74, 6) is 2.49. The molecular formula is C15H28N4. The molecule has 1 aromatic rings. The van der Waals surface area contributed by atoms with Crippen molar-refractivity contribution < 1.29 is 0 Å². The average molecular weight is 264 g/mol. The molecule has 1 atom stereocenters. The fraction of sp³-hybridized carbons (Fsp3) is 0.733. The number of nitrogens with one attached hydrogen (secondary N) is 2. The topological polar surface area (TPSA) is 49.8 Å². The summed E-state index contributed by atoms with van der Waals surface area (Å²) in [6.45, 7) is 15.1. The molecule has 108 valence electrons. The zero-order valence-electron chi connectivity index (χ0n) is 13.2. The van der Waals surface area contributed by atoms with Crippen LogP contribution in [0.5, 0.6) is 0 Å². The molecule has 0 fully saturated rings. The van der Waals surface area contributed by atoms with Gasteiger partial charge in [-0.05, 0) is 24.7 Å². The molecule has 0 aliphatic carbocycles. The SMILES string of the molecule is CCNc1ncnc(NCC(C)C(C)(C)C)c1CC. The lowest BCUT2D eigenvalue weighted by Crippen LogP contribution is -2.25. The Morgan fingerprint density at radius 3 is 2.16 bits per heavy atom. The van der Waals surface area contributed by atoms with Crippen molar-refractivity contribution >= 4 is 11.6 Å². The van der Waals surface area contributed by atoms with Crippen LogP contribution in [-0.4, -0.2) is 23.1 Å². The Kier molecular flexibility index (Phi) is 5.58. The molecule has 0 aliphatic rings. The Morgan fingerprint density at radius 1 is 1.11 bits per heavy atom. The summed E-state index contributed by atoms with van der Waals surface area (Å²) in [6.07, 6.45) is 2.55. The molecule has 2 N–H and O–H groups in total. The Bertz CT molecular complexity index is 396. The fourth-order valence-electron chi connectivity index (χ4n) is 1.78. The highest BCUT2D eigenvalue weighted by molar-refractivity contribution is 5.57. The van der Waals surface area contributed by atoms with Gasteiger partial charge >= 0.3 is 0 Å². The van der Waals surface area contributed by atoms with Crippen LogP contribution in [-0.2, 0) is 6.42 Å². The Labute approximate surface area is 117 Å². The van der Waals surface area contributed by atoms with Gasteiger partial charge in [0.15, 0.2) is 0 Å². The first kappa shape index (κ1) is 15.7. The van der Waals surface area contributed by atoms with Crippen LogP contribution in [0.4, 0.5) is 11.6 Å². The lowest BCUT2D eigenvalue weighted by atomic mass is 9.82. The van der Waals surface area contributed by atoms with E-state index in [1.165, 1.54) is 5.56 Å². The highest BCUT2D eigenvalue weighted by atomic mass is 15.1. The van der Waals surface area contributed by atoms with Gasteiger partial charge in [-0.15, -0.1) is 0 Å². The Hall–Kier alpha value is -1.32. The standard InChI is InChI=1S/C15H28N4/c1-7-12-13(16-8-2)18-10-19-14(12)17-9-11(3)15(4,5)6/h10-11H,7-9H2,1-6H3,(H2,16,17,18,19). The second kappa shape index (κ2) is 6.73. The van der Waals surface area contributed by atoms with Crippen molar-refractivity contribution in [2.45, 2.75) is 48.0 Å². The van der Waals surface area contributed by atoms with Gasteiger partial charge in [0.1, 0.15) is 18.0 Å². The minimum atomic E-state index is 0.302. The molecule has 0 bridgehead atoms. The largest absolute Gasteiger partial charge is 0.370 e. The van der Waals surface area contributed by atoms with Crippen LogP contribution < -0.4 is 10.6 Å². The Balaban J connectivity index is 2.81. The van der Waals surface area contributed by atoms with Gasteiger partial charge < -0.3 is 10.6 Å². The molecule has 1 rings (SSSR count). The van der Waals surface area contributed by atoms with Crippen LogP contribution in [0, 0.1) is 11.3 Å². The van der Waals surface area contributed by atoms with E-state index in [2.05, 4.69) is 62.1 Å². The second-order valence-corrected chi connectivity index (χ2v) is 6.08. The monoisotopic (exact) mass is 264 g/mol. The van der Waals surface area contributed by atoms with Crippen LogP contribution in [0.25, 0.3) is 0 Å². The van der Waals surface area contributed by atoms with Gasteiger partial charge in [0.05, 0.1) is 0 Å². The lowest BCUT2D eigenvalue weighted by molar-refractivity contribution is 0.274. The third-order valence-corrected chi connectivity index (χ3v) is 3.70. The van der Waals surface area contributed by atoms with Crippen LogP contribution in [0.2, 0.25) is 0 Å². The molecule has 0 saturated carbocycles. The van der Waals surface area contributed by atoms with E-state index in [0.29, 0.717) is 11.3 Å². The minimum Gasteiger partial charge on any atom is -0.370 e. The first-order valence-corrected chi connectivity index (χ1v) is 7.21. The van der Waals surface area contributed by atoms with Gasteiger partial charge in [0.2, 0.25) is 0 Å². The number of aromatic nitrogens is 2. The minimum absolute atomic E-state index is 0.302. The summed E-state index contributed by atoms with van der Waals surface area (Å²) < 4.78 is 0. The first-order valence-electron chi connectivity index (χ1n) is 7.21. The van der Waals surface area contributed by atoms with E-state index in [9.17, 15) is 0 Å². The van der Waals surface area contributed by atoms with Crippen molar-refractivity contribution in [3.05, 3.63) is 11.9 Å². The maximum Gasteiger partial charge on any atom is 0.134 e. The molecule has 4 nitrogen and oxygen atoms in total. The zero-order chi connectivity index (χ0) is 14.5. The summed E-state index contributed by atoms with van der Waals surface area (Å²) in [6, 6.07) is 0. The summed E-state index contributed by atoms with van der Waals surface area (Å²) >= 11 is 0. The van der Waals surface area contributed by atoms with Crippen molar-refractivity contribution in [2.24, 2.45) is 11.3 Å². The normalized spacial score (nSPS) is 13.2. The van der Waals surface area contributed by atoms with Gasteiger partial charge in [0, 0.05) is 18.7 Å². The summed E-state index contributed by atoms with van der Waals surface area (Å²) in [4.78, 5) is 8.70. The molecule has 19 heavy (non-hydrogen) atoms. The lowest BCUT2D eigenvalue weighted by Gasteiger charge is -2.28. The molecule has 0 aliphatic heterocycles. The van der Waals surface area contributed by atoms with Crippen molar-refractivity contribution in [3.63, 3.8) is 0 Å². The van der Waals surface area contributed by atoms with E-state index in [0.717, 1.165) is 31.1 Å². The highest BCUT2D eigenvalue weighted by Gasteiger charge is 2.20. The number of hydrogen-bond donors (Lipinski definition) is 2. The predicted octanol–water partition coefficient (Wildman–Crippen LogP) is 3.56. The van der Waals surface area contributed by atoms with Crippen LogP contribution in [0.3, 0.4) is 0 Å². The van der Waals surface area contributed by atoms with E-state index in [4.69, 9.17) is 0 Å². The number of nitrogens with zero attached hydrogens (tertiary/aromatic N) is 2. The third kappa shape index (κ3) is 4.37. The number of hydrogen-bond acceptors (Lipinski definition) is 4. The molecule has 0 spiro atoms. The van der Waals surface area contributed by atoms with Crippen molar-refractivity contribution in [1.82, 2.24) is 9.97 Å². The van der Waals surface area contributed by atoms with E-state index >= 15 is 0 Å². The van der Waals surface area contributed by atoms with Gasteiger partial charge in [-0.2, -0.15) is 0 Å². The maximum atomic E-state index is 4.38. The average Bonchev–Trinajstić information content (AvgIpc) is 2.35. The van der Waals surface area contributed by atoms with Gasteiger partial charge in [-0.3, -0.25) is 0 Å². The summed E-state index contributed by atoms with van der Waals surface area (Å²) in [7, 11) is 0. The molecule has 1 heterocycles. The third-order valence-electron chi connectivity index (χ3n) is 3.70. The van der Waals surface area contributed by atoms with E-state index in [1.54, 1.807) is 6.33 Å². The second-order valence-electron chi connectivity index (χ2n) is 6.08. The first-order chi connectivity index (χ1) is 8.90. The smallest absolute Gasteiger partial charge is 0.134 e. The van der Waals surface area contributed by atoms with Gasteiger partial charge in [-0.1, -0.05) is 34.6 Å². The van der Waals surface area contributed by atoms with Crippen molar-refractivity contribution in [1.29, 1.82) is 0 Å². The molecule has 0 aromatic carbocycles. The van der Waals surface area contributed by atoms with Gasteiger partial charge in [-0.25, -0.2) is 9.97 Å². The maximum absolute atomic E-state index is 4.38. The number of rotatable bonds is 6. The van der Waals surface area contributed by atoms with Crippen molar-refractivity contribution in [2.75, 3.05) is 23.7 Å². The molecule has 1 aromatic heterocycles. The van der Waals surface area contributed by atoms with Gasteiger partial charge in [0.25, 0.3) is 0 Å². The summed E-state index contributed by atoms with van der Waals surface area (Å²) in [5.41, 5.74) is 1.47. The molecule has 4 heteroatoms. The van der Waals surface area contributed by atoms with Crippen molar-refractivity contribution in [3.8, 4) is 0 Å². The number of anilines is 2. The van der Waals surface area contributed by atoms with E-state index < -0.39 is 0 Å². The Morgan fingerprint density at radius 2 is 1.68 bits per heavy atom. The fourth-order valence-corrected chi connectivity index (χ4v) is 1.78. The highest BCUT2D eigenvalue weighted by Crippen LogP contribution is 2.26. The van der Waals surface area contributed by atoms with Crippen LogP contribution in [0.1, 0.15) is 47.1 Å². The van der Waals surface area contributed by atoms with E-state index in [-0.39, 0.29) is 0 Å². The molecule has 0 amide bonds. The summed E-state index contributed by atoms with van der Waals surface area (Å²) in [5, 5.41) is 6.77. The molecular weight excluding hydrogens is 236 g/mol. The quantitative estimate of drug-likeness (QED) is 0.824. The zero-order valence-corrected chi connectivity index (χ0v) is 13.2. The predicted molar refractivity (Wildman–Crippen MR) is 82.7 cm³/mol. The molecule has 0 saturated heterocycles. The van der Waals surface area contributed by atoms with E-state index in [1.807, 2.05) is 0 Å².